The van der Waals surface area contributed by atoms with Crippen molar-refractivity contribution in [1.82, 2.24) is 4.90 Å². The van der Waals surface area contributed by atoms with Crippen LogP contribution in [0, 0.1) is 5.41 Å². The van der Waals surface area contributed by atoms with Crippen molar-refractivity contribution in [2.75, 3.05) is 19.6 Å². The molecule has 0 aliphatic carbocycles. The summed E-state index contributed by atoms with van der Waals surface area (Å²) in [5.74, 6) is -0.715. The van der Waals surface area contributed by atoms with Gasteiger partial charge < -0.3 is 15.1 Å². The minimum absolute atomic E-state index is 0.596. The van der Waals surface area contributed by atoms with E-state index < -0.39 is 17.0 Å². The minimum Gasteiger partial charge on any atom is -0.481 e. The Bertz CT molecular complexity index is 247. The highest BCUT2D eigenvalue weighted by atomic mass is 16.4. The number of aliphatic hydroxyl groups is 1. The molecular formula is C11H21NO3. The maximum Gasteiger partial charge on any atom is 0.310 e. The number of carboxylic acid groups (broad SMARTS) is 1. The Balaban J connectivity index is 2.41. The molecule has 0 saturated carbocycles. The first kappa shape index (κ1) is 12.5. The first-order valence-electron chi connectivity index (χ1n) is 5.41. The molecule has 0 aromatic carbocycles. The normalized spacial score (nSPS) is 28.3. The zero-order chi connectivity index (χ0) is 11.7. The van der Waals surface area contributed by atoms with Gasteiger partial charge in [0.15, 0.2) is 0 Å². The molecular weight excluding hydrogens is 194 g/mol. The van der Waals surface area contributed by atoms with E-state index in [0.29, 0.717) is 19.4 Å². The van der Waals surface area contributed by atoms with E-state index in [0.717, 1.165) is 13.1 Å². The summed E-state index contributed by atoms with van der Waals surface area (Å²) in [5.41, 5.74) is -1.26. The predicted octanol–water partition coefficient (Wildman–Crippen LogP) is 0.944. The molecule has 15 heavy (non-hydrogen) atoms. The maximum atomic E-state index is 11.0. The summed E-state index contributed by atoms with van der Waals surface area (Å²) in [6, 6.07) is 0. The van der Waals surface area contributed by atoms with Crippen molar-refractivity contribution < 1.29 is 15.0 Å². The van der Waals surface area contributed by atoms with Crippen LogP contribution in [0.4, 0.5) is 0 Å². The van der Waals surface area contributed by atoms with Crippen molar-refractivity contribution in [2.45, 2.75) is 39.2 Å². The largest absolute Gasteiger partial charge is 0.481 e. The van der Waals surface area contributed by atoms with Crippen LogP contribution in [-0.4, -0.2) is 46.3 Å². The number of aliphatic carboxylic acids is 1. The molecule has 1 aliphatic rings. The van der Waals surface area contributed by atoms with Crippen LogP contribution >= 0.6 is 0 Å². The molecule has 4 heteroatoms. The van der Waals surface area contributed by atoms with Gasteiger partial charge in [0, 0.05) is 13.1 Å². The molecule has 0 amide bonds. The van der Waals surface area contributed by atoms with Crippen molar-refractivity contribution in [3.05, 3.63) is 0 Å². The van der Waals surface area contributed by atoms with Crippen molar-refractivity contribution in [2.24, 2.45) is 5.41 Å². The second-order valence-corrected chi connectivity index (χ2v) is 5.45. The van der Waals surface area contributed by atoms with E-state index in [9.17, 15) is 9.90 Å². The van der Waals surface area contributed by atoms with Gasteiger partial charge in [-0.2, -0.15) is 0 Å². The van der Waals surface area contributed by atoms with Crippen molar-refractivity contribution >= 4 is 5.97 Å². The highest BCUT2D eigenvalue weighted by Gasteiger charge is 2.40. The summed E-state index contributed by atoms with van der Waals surface area (Å²) >= 11 is 0. The molecule has 0 spiro atoms. The van der Waals surface area contributed by atoms with Gasteiger partial charge >= 0.3 is 5.97 Å². The zero-order valence-electron chi connectivity index (χ0n) is 9.79. The van der Waals surface area contributed by atoms with E-state index in [1.165, 1.54) is 0 Å². The smallest absolute Gasteiger partial charge is 0.310 e. The monoisotopic (exact) mass is 215 g/mol. The Morgan fingerprint density at radius 1 is 1.53 bits per heavy atom. The fourth-order valence-electron chi connectivity index (χ4n) is 1.85. The summed E-state index contributed by atoms with van der Waals surface area (Å²) in [7, 11) is 0. The lowest BCUT2D eigenvalue weighted by Crippen LogP contribution is -2.34. The average Bonchev–Trinajstić information content (AvgIpc) is 2.44. The number of hydrogen-bond donors (Lipinski definition) is 2. The fourth-order valence-corrected chi connectivity index (χ4v) is 1.85. The highest BCUT2D eigenvalue weighted by molar-refractivity contribution is 5.74. The summed E-state index contributed by atoms with van der Waals surface area (Å²) in [6.45, 7) is 7.53. The number of nitrogens with zero attached hydrogens (tertiary/aromatic N) is 1. The van der Waals surface area contributed by atoms with Crippen LogP contribution in [0.3, 0.4) is 0 Å². The first-order chi connectivity index (χ1) is 6.73. The van der Waals surface area contributed by atoms with Gasteiger partial charge in [-0.15, -0.1) is 0 Å². The Kier molecular flexibility index (Phi) is 3.41. The number of hydrogen-bond acceptors (Lipinski definition) is 3. The maximum absolute atomic E-state index is 11.0. The Morgan fingerprint density at radius 2 is 2.13 bits per heavy atom. The van der Waals surface area contributed by atoms with Crippen LogP contribution in [0.5, 0.6) is 0 Å². The molecule has 0 bridgehead atoms. The van der Waals surface area contributed by atoms with E-state index in [4.69, 9.17) is 5.11 Å². The Morgan fingerprint density at radius 3 is 2.53 bits per heavy atom. The standard InChI is InChI=1S/C11H21NO3/c1-10(2,15)4-6-12-7-5-11(3,8-12)9(13)14/h15H,4-8H2,1-3H3,(H,13,14). The summed E-state index contributed by atoms with van der Waals surface area (Å²) in [6.07, 6.45) is 1.39. The van der Waals surface area contributed by atoms with Gasteiger partial charge in [0.1, 0.15) is 0 Å². The number of carboxylic acids is 1. The molecule has 2 N–H and O–H groups in total. The van der Waals surface area contributed by atoms with Gasteiger partial charge in [0.25, 0.3) is 0 Å². The van der Waals surface area contributed by atoms with Crippen LogP contribution in [0.2, 0.25) is 0 Å². The van der Waals surface area contributed by atoms with Crippen LogP contribution in [0.25, 0.3) is 0 Å². The third-order valence-electron chi connectivity index (χ3n) is 3.11. The third kappa shape index (κ3) is 3.47. The third-order valence-corrected chi connectivity index (χ3v) is 3.11. The summed E-state index contributed by atoms with van der Waals surface area (Å²) < 4.78 is 0. The molecule has 1 unspecified atom stereocenters. The summed E-state index contributed by atoms with van der Waals surface area (Å²) in [5, 5.41) is 18.6. The van der Waals surface area contributed by atoms with Gasteiger partial charge in [-0.1, -0.05) is 0 Å². The molecule has 0 aromatic rings. The minimum atomic E-state index is -0.715. The van der Waals surface area contributed by atoms with Crippen LogP contribution in [0.15, 0.2) is 0 Å². The molecule has 1 rings (SSSR count). The average molecular weight is 215 g/mol. The van der Waals surface area contributed by atoms with Gasteiger partial charge in [-0.3, -0.25) is 4.79 Å². The van der Waals surface area contributed by atoms with Crippen LogP contribution in [-0.2, 0) is 4.79 Å². The molecule has 1 saturated heterocycles. The van der Waals surface area contributed by atoms with Crippen molar-refractivity contribution in [1.29, 1.82) is 0 Å². The molecule has 4 nitrogen and oxygen atoms in total. The van der Waals surface area contributed by atoms with Gasteiger partial charge in [-0.05, 0) is 40.2 Å². The molecule has 0 aromatic heterocycles. The molecule has 1 fully saturated rings. The SMILES string of the molecule is CC(C)(O)CCN1CCC(C)(C(=O)O)C1. The lowest BCUT2D eigenvalue weighted by Gasteiger charge is -2.23. The van der Waals surface area contributed by atoms with Gasteiger partial charge in [0.2, 0.25) is 0 Å². The fraction of sp³-hybridized carbons (Fsp3) is 0.909. The van der Waals surface area contributed by atoms with Gasteiger partial charge in [-0.25, -0.2) is 0 Å². The van der Waals surface area contributed by atoms with Crippen molar-refractivity contribution in [3.63, 3.8) is 0 Å². The van der Waals surface area contributed by atoms with E-state index in [1.807, 2.05) is 0 Å². The lowest BCUT2D eigenvalue weighted by atomic mass is 9.90. The molecule has 88 valence electrons. The summed E-state index contributed by atoms with van der Waals surface area (Å²) in [4.78, 5) is 13.1. The molecule has 1 heterocycles. The Hall–Kier alpha value is -0.610. The first-order valence-corrected chi connectivity index (χ1v) is 5.41. The molecule has 0 radical (unpaired) electrons. The van der Waals surface area contributed by atoms with Crippen molar-refractivity contribution in [3.8, 4) is 0 Å². The highest BCUT2D eigenvalue weighted by Crippen LogP contribution is 2.30. The molecule has 1 aliphatic heterocycles. The number of likely N-dealkylation sites (tertiary alicyclic amines) is 1. The zero-order valence-corrected chi connectivity index (χ0v) is 9.79. The lowest BCUT2D eigenvalue weighted by molar-refractivity contribution is -0.147. The second-order valence-electron chi connectivity index (χ2n) is 5.45. The topological polar surface area (TPSA) is 60.8 Å². The van der Waals surface area contributed by atoms with Crippen LogP contribution in [0.1, 0.15) is 33.6 Å². The number of rotatable bonds is 4. The predicted molar refractivity (Wildman–Crippen MR) is 57.7 cm³/mol. The number of carbonyl (C=O) groups is 1. The van der Waals surface area contributed by atoms with E-state index in [2.05, 4.69) is 4.90 Å². The molecule has 1 atom stereocenters. The van der Waals surface area contributed by atoms with E-state index >= 15 is 0 Å². The second kappa shape index (κ2) is 4.10. The quantitative estimate of drug-likeness (QED) is 0.733. The van der Waals surface area contributed by atoms with E-state index in [-0.39, 0.29) is 0 Å². The van der Waals surface area contributed by atoms with E-state index in [1.54, 1.807) is 20.8 Å². The van der Waals surface area contributed by atoms with Gasteiger partial charge in [0.05, 0.1) is 11.0 Å². The van der Waals surface area contributed by atoms with Crippen LogP contribution < -0.4 is 0 Å². The Labute approximate surface area is 90.9 Å².